The lowest BCUT2D eigenvalue weighted by atomic mass is 9.63. The summed E-state index contributed by atoms with van der Waals surface area (Å²) >= 11 is 0. The molecule has 2 aromatic heterocycles. The Labute approximate surface area is 188 Å². The molecule has 0 amide bonds. The van der Waals surface area contributed by atoms with Crippen molar-refractivity contribution in [2.75, 3.05) is 6.61 Å². The number of aromatic nitrogens is 3. The molecular weight excluding hydrogens is 404 g/mol. The maximum atomic E-state index is 13.3. The summed E-state index contributed by atoms with van der Waals surface area (Å²) < 4.78 is 7.47. The number of aryl methyl sites for hydroxylation is 1. The molecule has 0 bridgehead atoms. The Morgan fingerprint density at radius 1 is 1.22 bits per heavy atom. The predicted molar refractivity (Wildman–Crippen MR) is 121 cm³/mol. The molecule has 1 aliphatic heterocycles. The Morgan fingerprint density at radius 3 is 2.75 bits per heavy atom. The number of fused-ring (bicyclic) bond motifs is 1. The van der Waals surface area contributed by atoms with Gasteiger partial charge in [0.1, 0.15) is 5.78 Å². The van der Waals surface area contributed by atoms with Gasteiger partial charge in [-0.15, -0.1) is 0 Å². The quantitative estimate of drug-likeness (QED) is 0.612. The summed E-state index contributed by atoms with van der Waals surface area (Å²) in [4.78, 5) is 39.9. The normalized spacial score (nSPS) is 22.3. The molecule has 0 N–H and O–H groups in total. The number of Topliss-reactive ketones (excluding diaryl/α,β-unsaturated/α-hetero) is 1. The molecule has 3 heterocycles. The van der Waals surface area contributed by atoms with Gasteiger partial charge >= 0.3 is 5.97 Å². The van der Waals surface area contributed by atoms with Crippen molar-refractivity contribution in [2.45, 2.75) is 58.9 Å². The highest BCUT2D eigenvalue weighted by molar-refractivity contribution is 6.12. The average molecular weight is 435 g/mol. The first kappa shape index (κ1) is 22.1. The molecule has 0 aromatic carbocycles. The summed E-state index contributed by atoms with van der Waals surface area (Å²) in [6, 6.07) is 3.79. The van der Waals surface area contributed by atoms with Gasteiger partial charge in [-0.1, -0.05) is 19.9 Å². The van der Waals surface area contributed by atoms with Crippen molar-refractivity contribution >= 4 is 17.5 Å². The number of ether oxygens (including phenoxy) is 1. The van der Waals surface area contributed by atoms with Gasteiger partial charge in [0.05, 0.1) is 30.1 Å². The fourth-order valence-corrected chi connectivity index (χ4v) is 4.91. The number of rotatable bonds is 7. The van der Waals surface area contributed by atoms with Crippen molar-refractivity contribution in [2.24, 2.45) is 16.3 Å². The highest BCUT2D eigenvalue weighted by Crippen LogP contribution is 2.47. The predicted octanol–water partition coefficient (Wildman–Crippen LogP) is 4.12. The largest absolute Gasteiger partial charge is 0.463 e. The van der Waals surface area contributed by atoms with E-state index in [1.165, 1.54) is 0 Å². The lowest BCUT2D eigenvalue weighted by Crippen LogP contribution is -2.44. The van der Waals surface area contributed by atoms with Gasteiger partial charge in [0.2, 0.25) is 0 Å². The number of carbonyl (C=O) groups is 2. The number of aliphatic imine (C=N–C) groups is 1. The minimum Gasteiger partial charge on any atom is -0.463 e. The second-order valence-corrected chi connectivity index (χ2v) is 9.31. The number of carbonyl (C=O) groups excluding carboxylic acids is 2. The number of nitrogens with zero attached hydrogens (tertiary/aromatic N) is 4. The zero-order chi connectivity index (χ0) is 22.7. The van der Waals surface area contributed by atoms with E-state index >= 15 is 0 Å². The van der Waals surface area contributed by atoms with Gasteiger partial charge in [-0.2, -0.15) is 0 Å². The van der Waals surface area contributed by atoms with Crippen molar-refractivity contribution in [3.05, 3.63) is 60.1 Å². The third kappa shape index (κ3) is 4.56. The zero-order valence-electron chi connectivity index (χ0n) is 19.0. The van der Waals surface area contributed by atoms with Crippen LogP contribution in [0.2, 0.25) is 0 Å². The maximum Gasteiger partial charge on any atom is 0.336 e. The number of esters is 1. The van der Waals surface area contributed by atoms with Crippen LogP contribution in [-0.4, -0.2) is 38.6 Å². The summed E-state index contributed by atoms with van der Waals surface area (Å²) in [5, 5.41) is 0. The van der Waals surface area contributed by atoms with E-state index in [4.69, 9.17) is 9.73 Å². The molecule has 7 heteroatoms. The van der Waals surface area contributed by atoms with Gasteiger partial charge in [0.25, 0.3) is 0 Å². The summed E-state index contributed by atoms with van der Waals surface area (Å²) in [5.74, 6) is -1.11. The molecule has 0 spiro atoms. The molecule has 2 atom stereocenters. The molecule has 2 aliphatic rings. The first-order valence-corrected chi connectivity index (χ1v) is 11.3. The van der Waals surface area contributed by atoms with E-state index in [1.807, 2.05) is 22.9 Å². The third-order valence-electron chi connectivity index (χ3n) is 6.18. The van der Waals surface area contributed by atoms with Crippen molar-refractivity contribution in [3.8, 4) is 0 Å². The van der Waals surface area contributed by atoms with Crippen LogP contribution in [0.4, 0.5) is 0 Å². The first-order chi connectivity index (χ1) is 15.4. The zero-order valence-corrected chi connectivity index (χ0v) is 19.0. The minimum absolute atomic E-state index is 0.133. The van der Waals surface area contributed by atoms with Crippen LogP contribution in [0, 0.1) is 11.3 Å². The van der Waals surface area contributed by atoms with Gasteiger partial charge < -0.3 is 9.30 Å². The third-order valence-corrected chi connectivity index (χ3v) is 6.18. The molecule has 1 aliphatic carbocycles. The molecule has 168 valence electrons. The lowest BCUT2D eigenvalue weighted by molar-refractivity contribution is -0.139. The highest BCUT2D eigenvalue weighted by atomic mass is 16.5. The van der Waals surface area contributed by atoms with Gasteiger partial charge in [0.15, 0.2) is 0 Å². The van der Waals surface area contributed by atoms with E-state index in [0.29, 0.717) is 18.4 Å². The van der Waals surface area contributed by atoms with E-state index in [1.54, 1.807) is 31.8 Å². The summed E-state index contributed by atoms with van der Waals surface area (Å²) in [6.45, 7) is 7.04. The van der Waals surface area contributed by atoms with Crippen LogP contribution in [0.5, 0.6) is 0 Å². The van der Waals surface area contributed by atoms with Crippen LogP contribution in [0.25, 0.3) is 0 Å². The lowest BCUT2D eigenvalue weighted by Gasteiger charge is -2.41. The fraction of sp³-hybridized carbons (Fsp3) is 0.480. The van der Waals surface area contributed by atoms with E-state index in [0.717, 1.165) is 36.4 Å². The highest BCUT2D eigenvalue weighted by Gasteiger charge is 2.48. The Kier molecular flexibility index (Phi) is 6.35. The number of pyridine rings is 1. The SMILES string of the molecule is CCOC(=O)C1=C(CCCn2ccnc2)N=C2CC(C)(C)CC(=O)C2C1c1cccnc1. The molecule has 0 saturated heterocycles. The van der Waals surface area contributed by atoms with E-state index in [2.05, 4.69) is 23.8 Å². The number of hydrogen-bond acceptors (Lipinski definition) is 6. The Hall–Kier alpha value is -3.09. The number of allylic oxidation sites excluding steroid dienone is 1. The molecule has 0 radical (unpaired) electrons. The summed E-state index contributed by atoms with van der Waals surface area (Å²) in [7, 11) is 0. The molecular formula is C25H30N4O3. The van der Waals surface area contributed by atoms with Crippen LogP contribution in [0.1, 0.15) is 57.9 Å². The van der Waals surface area contributed by atoms with Gasteiger partial charge in [0, 0.05) is 49.4 Å². The number of hydrogen-bond donors (Lipinski definition) is 0. The molecule has 4 rings (SSSR count). The van der Waals surface area contributed by atoms with Crippen molar-refractivity contribution in [1.82, 2.24) is 14.5 Å². The van der Waals surface area contributed by atoms with Crippen LogP contribution in [-0.2, 0) is 20.9 Å². The topological polar surface area (TPSA) is 86.4 Å². The summed E-state index contributed by atoms with van der Waals surface area (Å²) in [5.41, 5.74) is 2.83. The number of imidazole rings is 1. The fourth-order valence-electron chi connectivity index (χ4n) is 4.91. The van der Waals surface area contributed by atoms with Gasteiger partial charge in [-0.25, -0.2) is 9.78 Å². The van der Waals surface area contributed by atoms with Crippen LogP contribution in [0.3, 0.4) is 0 Å². The molecule has 2 aromatic rings. The van der Waals surface area contributed by atoms with E-state index in [9.17, 15) is 9.59 Å². The molecule has 2 unspecified atom stereocenters. The monoisotopic (exact) mass is 434 g/mol. The molecule has 32 heavy (non-hydrogen) atoms. The molecule has 1 fully saturated rings. The Morgan fingerprint density at radius 2 is 2.06 bits per heavy atom. The second-order valence-electron chi connectivity index (χ2n) is 9.31. The van der Waals surface area contributed by atoms with Crippen LogP contribution < -0.4 is 0 Å². The smallest absolute Gasteiger partial charge is 0.336 e. The van der Waals surface area contributed by atoms with Crippen molar-refractivity contribution in [3.63, 3.8) is 0 Å². The standard InChI is InChI=1S/C25H30N4O3/c1-4-32-24(31)23-18(8-6-11-29-12-10-27-16-29)28-19-13-25(2,3)14-20(30)22(19)21(23)17-7-5-9-26-15-17/h5,7,9-10,12,15-16,21-22H,4,6,8,11,13-14H2,1-3H3. The first-order valence-electron chi connectivity index (χ1n) is 11.3. The van der Waals surface area contributed by atoms with Gasteiger partial charge in [-0.05, 0) is 43.2 Å². The minimum atomic E-state index is -0.441. The molecule has 1 saturated carbocycles. The second kappa shape index (κ2) is 9.18. The number of ketones is 1. The van der Waals surface area contributed by atoms with Crippen molar-refractivity contribution in [1.29, 1.82) is 0 Å². The Bertz CT molecular complexity index is 1040. The average Bonchev–Trinajstić information content (AvgIpc) is 3.26. The Balaban J connectivity index is 1.78. The van der Waals surface area contributed by atoms with Gasteiger partial charge in [-0.3, -0.25) is 14.8 Å². The summed E-state index contributed by atoms with van der Waals surface area (Å²) in [6.07, 6.45) is 11.5. The van der Waals surface area contributed by atoms with Crippen LogP contribution >= 0.6 is 0 Å². The van der Waals surface area contributed by atoms with E-state index < -0.39 is 11.8 Å². The maximum absolute atomic E-state index is 13.3. The van der Waals surface area contributed by atoms with Crippen LogP contribution in [0.15, 0.2) is 59.5 Å². The van der Waals surface area contributed by atoms with Crippen molar-refractivity contribution < 1.29 is 14.3 Å². The van der Waals surface area contributed by atoms with E-state index in [-0.39, 0.29) is 23.8 Å². The molecule has 7 nitrogen and oxygen atoms in total.